The Kier molecular flexibility index (Phi) is 7.95. The topological polar surface area (TPSA) is 81.4 Å². The number of carbonyl (C=O) groups is 2. The minimum Gasteiger partial charge on any atom is -0.463 e. The molecule has 0 aromatic heterocycles. The first-order valence-corrected chi connectivity index (χ1v) is 7.86. The Bertz CT molecular complexity index is 705. The van der Waals surface area contributed by atoms with Crippen LogP contribution in [0.25, 0.3) is 0 Å². The van der Waals surface area contributed by atoms with E-state index < -0.39 is 6.04 Å². The molecule has 2 rings (SSSR count). The van der Waals surface area contributed by atoms with Crippen molar-refractivity contribution in [3.63, 3.8) is 0 Å². The first kappa shape index (κ1) is 20.5. The van der Waals surface area contributed by atoms with E-state index in [2.05, 4.69) is 5.32 Å². The van der Waals surface area contributed by atoms with Gasteiger partial charge >= 0.3 is 5.97 Å². The monoisotopic (exact) mass is 362 g/mol. The molecule has 0 bridgehead atoms. The Balaban J connectivity index is 0.00000312. The molecule has 6 heteroatoms. The number of amides is 1. The van der Waals surface area contributed by atoms with Gasteiger partial charge in [0.2, 0.25) is 0 Å². The molecule has 0 radical (unpaired) electrons. The van der Waals surface area contributed by atoms with E-state index in [9.17, 15) is 9.59 Å². The maximum Gasteiger partial charge on any atom is 0.308 e. The highest BCUT2D eigenvalue weighted by molar-refractivity contribution is 5.95. The van der Waals surface area contributed by atoms with Crippen LogP contribution in [0.4, 0.5) is 5.69 Å². The average Bonchev–Trinajstić information content (AvgIpc) is 2.54. The summed E-state index contributed by atoms with van der Waals surface area (Å²) in [6.07, 6.45) is -0.130. The zero-order valence-electron chi connectivity index (χ0n) is 14.3. The fraction of sp³-hybridized carbons (Fsp3) is 0.263. The molecule has 0 saturated carbocycles. The van der Waals surface area contributed by atoms with Gasteiger partial charge in [-0.15, -0.1) is 12.4 Å². The molecule has 0 spiro atoms. The number of carbonyl (C=O) groups excluding carboxylic acids is 2. The van der Waals surface area contributed by atoms with Gasteiger partial charge in [0, 0.05) is 11.3 Å². The molecule has 2 aromatic rings. The van der Waals surface area contributed by atoms with E-state index in [1.807, 2.05) is 30.3 Å². The van der Waals surface area contributed by atoms with Crippen LogP contribution in [0.3, 0.4) is 0 Å². The minimum atomic E-state index is -0.466. The minimum absolute atomic E-state index is 0. The SMILES string of the molecule is CC(C)OC(=O)CC(NC(=O)c1cccc(N)c1)c1ccccc1.Cl. The number of nitrogen functional groups attached to an aromatic ring is 1. The summed E-state index contributed by atoms with van der Waals surface area (Å²) in [5.74, 6) is -0.639. The van der Waals surface area contributed by atoms with Crippen LogP contribution in [0.15, 0.2) is 54.6 Å². The Morgan fingerprint density at radius 2 is 1.76 bits per heavy atom. The largest absolute Gasteiger partial charge is 0.463 e. The van der Waals surface area contributed by atoms with E-state index >= 15 is 0 Å². The van der Waals surface area contributed by atoms with Crippen molar-refractivity contribution >= 4 is 30.0 Å². The third-order valence-corrected chi connectivity index (χ3v) is 3.39. The van der Waals surface area contributed by atoms with Crippen molar-refractivity contribution in [2.24, 2.45) is 0 Å². The molecule has 3 N–H and O–H groups in total. The van der Waals surface area contributed by atoms with Crippen molar-refractivity contribution in [1.29, 1.82) is 0 Å². The number of hydrogen-bond acceptors (Lipinski definition) is 4. The lowest BCUT2D eigenvalue weighted by Crippen LogP contribution is -2.31. The van der Waals surface area contributed by atoms with Gasteiger partial charge in [0.05, 0.1) is 18.6 Å². The normalized spacial score (nSPS) is 11.3. The van der Waals surface area contributed by atoms with Crippen LogP contribution in [0.1, 0.15) is 42.2 Å². The van der Waals surface area contributed by atoms with Crippen molar-refractivity contribution < 1.29 is 14.3 Å². The molecule has 134 valence electrons. The van der Waals surface area contributed by atoms with E-state index in [0.29, 0.717) is 11.3 Å². The highest BCUT2D eigenvalue weighted by atomic mass is 35.5. The second kappa shape index (κ2) is 9.69. The second-order valence-electron chi connectivity index (χ2n) is 5.80. The summed E-state index contributed by atoms with van der Waals surface area (Å²) in [6, 6.07) is 15.6. The molecule has 0 aliphatic heterocycles. The molecule has 0 saturated heterocycles. The van der Waals surface area contributed by atoms with Crippen LogP contribution in [0.5, 0.6) is 0 Å². The van der Waals surface area contributed by atoms with Gasteiger partial charge in [0.1, 0.15) is 0 Å². The fourth-order valence-corrected chi connectivity index (χ4v) is 2.34. The number of rotatable bonds is 6. The summed E-state index contributed by atoms with van der Waals surface area (Å²) in [6.45, 7) is 3.58. The Hall–Kier alpha value is -2.53. The quantitative estimate of drug-likeness (QED) is 0.608. The molecule has 25 heavy (non-hydrogen) atoms. The first-order valence-electron chi connectivity index (χ1n) is 7.86. The van der Waals surface area contributed by atoms with Crippen molar-refractivity contribution in [1.82, 2.24) is 5.32 Å². The maximum atomic E-state index is 12.5. The molecule has 0 aliphatic carbocycles. The number of halogens is 1. The van der Waals surface area contributed by atoms with Gasteiger partial charge in [-0.25, -0.2) is 0 Å². The first-order chi connectivity index (χ1) is 11.5. The van der Waals surface area contributed by atoms with Gasteiger partial charge in [-0.1, -0.05) is 36.4 Å². The third kappa shape index (κ3) is 6.47. The molecular formula is C19H23ClN2O3. The van der Waals surface area contributed by atoms with Gasteiger partial charge in [0.15, 0.2) is 0 Å². The summed E-state index contributed by atoms with van der Waals surface area (Å²) in [7, 11) is 0. The number of nitrogens with one attached hydrogen (secondary N) is 1. The van der Waals surface area contributed by atoms with E-state index in [4.69, 9.17) is 10.5 Å². The van der Waals surface area contributed by atoms with Gasteiger partial charge in [-0.05, 0) is 37.6 Å². The molecule has 0 aliphatic rings. The molecule has 5 nitrogen and oxygen atoms in total. The summed E-state index contributed by atoms with van der Waals surface area (Å²) < 4.78 is 5.20. The zero-order chi connectivity index (χ0) is 17.5. The Morgan fingerprint density at radius 1 is 1.08 bits per heavy atom. The Morgan fingerprint density at radius 3 is 2.36 bits per heavy atom. The van der Waals surface area contributed by atoms with Crippen LogP contribution < -0.4 is 11.1 Å². The number of esters is 1. The summed E-state index contributed by atoms with van der Waals surface area (Å²) in [4.78, 5) is 24.5. The molecular weight excluding hydrogens is 340 g/mol. The Labute approximate surface area is 154 Å². The number of anilines is 1. The fourth-order valence-electron chi connectivity index (χ4n) is 2.34. The third-order valence-electron chi connectivity index (χ3n) is 3.39. The lowest BCUT2D eigenvalue weighted by molar-refractivity contribution is -0.147. The molecule has 1 atom stereocenters. The van der Waals surface area contributed by atoms with Crippen molar-refractivity contribution in [2.75, 3.05) is 5.73 Å². The van der Waals surface area contributed by atoms with Crippen molar-refractivity contribution in [3.8, 4) is 0 Å². The molecule has 2 aromatic carbocycles. The molecule has 1 unspecified atom stereocenters. The van der Waals surface area contributed by atoms with Crippen LogP contribution >= 0.6 is 12.4 Å². The van der Waals surface area contributed by atoms with Gasteiger partial charge in [-0.2, -0.15) is 0 Å². The summed E-state index contributed by atoms with van der Waals surface area (Å²) in [5.41, 5.74) is 7.53. The predicted molar refractivity (Wildman–Crippen MR) is 101 cm³/mol. The lowest BCUT2D eigenvalue weighted by atomic mass is 10.0. The van der Waals surface area contributed by atoms with E-state index in [-0.39, 0.29) is 36.8 Å². The highest BCUT2D eigenvalue weighted by Crippen LogP contribution is 2.19. The number of hydrogen-bond donors (Lipinski definition) is 2. The van der Waals surface area contributed by atoms with Crippen molar-refractivity contribution in [3.05, 3.63) is 65.7 Å². The van der Waals surface area contributed by atoms with Crippen LogP contribution in [0.2, 0.25) is 0 Å². The van der Waals surface area contributed by atoms with Gasteiger partial charge < -0.3 is 15.8 Å². The van der Waals surface area contributed by atoms with Crippen molar-refractivity contribution in [2.45, 2.75) is 32.4 Å². The zero-order valence-corrected chi connectivity index (χ0v) is 15.1. The van der Waals surface area contributed by atoms with Gasteiger partial charge in [0.25, 0.3) is 5.91 Å². The predicted octanol–water partition coefficient (Wildman–Crippen LogP) is 3.50. The standard InChI is InChI=1S/C19H22N2O3.ClH/c1-13(2)24-18(22)12-17(14-7-4-3-5-8-14)21-19(23)15-9-6-10-16(20)11-15;/h3-11,13,17H,12,20H2,1-2H3,(H,21,23);1H. The van der Waals surface area contributed by atoms with Crippen LogP contribution in [-0.4, -0.2) is 18.0 Å². The second-order valence-corrected chi connectivity index (χ2v) is 5.80. The van der Waals surface area contributed by atoms with Crippen LogP contribution in [0, 0.1) is 0 Å². The summed E-state index contributed by atoms with van der Waals surface area (Å²) >= 11 is 0. The lowest BCUT2D eigenvalue weighted by Gasteiger charge is -2.19. The highest BCUT2D eigenvalue weighted by Gasteiger charge is 2.20. The molecule has 0 heterocycles. The van der Waals surface area contributed by atoms with E-state index in [1.54, 1.807) is 38.1 Å². The smallest absolute Gasteiger partial charge is 0.308 e. The number of benzene rings is 2. The van der Waals surface area contributed by atoms with E-state index in [0.717, 1.165) is 5.56 Å². The van der Waals surface area contributed by atoms with Crippen LogP contribution in [-0.2, 0) is 9.53 Å². The number of ether oxygens (including phenoxy) is 1. The molecule has 0 fully saturated rings. The number of nitrogens with two attached hydrogens (primary N) is 1. The molecule has 1 amide bonds. The van der Waals surface area contributed by atoms with E-state index in [1.165, 1.54) is 0 Å². The van der Waals surface area contributed by atoms with Gasteiger partial charge in [-0.3, -0.25) is 9.59 Å². The maximum absolute atomic E-state index is 12.5. The summed E-state index contributed by atoms with van der Waals surface area (Å²) in [5, 5.41) is 2.89. The average molecular weight is 363 g/mol.